The van der Waals surface area contributed by atoms with Gasteiger partial charge in [0.2, 0.25) is 0 Å². The Hall–Kier alpha value is -1.31. The number of hydrogen-bond donors (Lipinski definition) is 0. The Morgan fingerprint density at radius 1 is 1.12 bits per heavy atom. The van der Waals surface area contributed by atoms with Gasteiger partial charge in [-0.3, -0.25) is 4.79 Å². The number of carbonyl (C=O) groups excluding carboxylic acids is 1. The van der Waals surface area contributed by atoms with Crippen LogP contribution >= 0.6 is 0 Å². The number of rotatable bonds is 5. The van der Waals surface area contributed by atoms with E-state index in [-0.39, 0.29) is 17.5 Å². The van der Waals surface area contributed by atoms with Gasteiger partial charge in [0.1, 0.15) is 6.10 Å². The minimum Gasteiger partial charge on any atom is -0.462 e. The fraction of sp³-hybridized carbons (Fsp3) is 0.682. The van der Waals surface area contributed by atoms with Crippen LogP contribution in [0.1, 0.15) is 91.0 Å². The zero-order valence-corrected chi connectivity index (χ0v) is 16.3. The van der Waals surface area contributed by atoms with Gasteiger partial charge in [0.25, 0.3) is 0 Å². The fourth-order valence-corrected chi connectivity index (χ4v) is 2.66. The summed E-state index contributed by atoms with van der Waals surface area (Å²) in [5.74, 6) is 0.688. The lowest BCUT2D eigenvalue weighted by molar-refractivity contribution is -0.161. The molecule has 0 amide bonds. The second-order valence-corrected chi connectivity index (χ2v) is 7.62. The van der Waals surface area contributed by atoms with E-state index in [4.69, 9.17) is 4.74 Å². The SMILES string of the molecule is CCC(C)(C)C(=O)OC1CCCCC1.CCC(C)c1ccccc1. The molecule has 0 heterocycles. The summed E-state index contributed by atoms with van der Waals surface area (Å²) in [5, 5.41) is 0. The Balaban J connectivity index is 0.000000254. The maximum absolute atomic E-state index is 11.7. The average Bonchev–Trinajstić information content (AvgIpc) is 2.63. The third-order valence-corrected chi connectivity index (χ3v) is 5.24. The molecule has 2 nitrogen and oxygen atoms in total. The summed E-state index contributed by atoms with van der Waals surface area (Å²) in [7, 11) is 0. The molecule has 1 atom stereocenters. The van der Waals surface area contributed by atoms with Gasteiger partial charge in [0, 0.05) is 0 Å². The molecule has 1 unspecified atom stereocenters. The predicted molar refractivity (Wildman–Crippen MR) is 102 cm³/mol. The molecule has 24 heavy (non-hydrogen) atoms. The van der Waals surface area contributed by atoms with E-state index in [2.05, 4.69) is 44.2 Å². The maximum Gasteiger partial charge on any atom is 0.311 e. The van der Waals surface area contributed by atoms with E-state index in [9.17, 15) is 4.79 Å². The molecule has 1 aromatic carbocycles. The average molecular weight is 333 g/mol. The quantitative estimate of drug-likeness (QED) is 0.575. The molecule has 0 aromatic heterocycles. The molecule has 1 saturated carbocycles. The highest BCUT2D eigenvalue weighted by atomic mass is 16.5. The lowest BCUT2D eigenvalue weighted by atomic mass is 9.90. The third kappa shape index (κ3) is 7.07. The lowest BCUT2D eigenvalue weighted by Gasteiger charge is -2.27. The highest BCUT2D eigenvalue weighted by Gasteiger charge is 2.29. The molecule has 0 bridgehead atoms. The number of hydrogen-bond acceptors (Lipinski definition) is 2. The molecule has 2 heteroatoms. The Labute approximate surface area is 149 Å². The van der Waals surface area contributed by atoms with Gasteiger partial charge in [-0.25, -0.2) is 0 Å². The summed E-state index contributed by atoms with van der Waals surface area (Å²) in [5.41, 5.74) is 1.14. The Morgan fingerprint density at radius 2 is 1.71 bits per heavy atom. The van der Waals surface area contributed by atoms with Crippen molar-refractivity contribution >= 4 is 5.97 Å². The van der Waals surface area contributed by atoms with Gasteiger partial charge < -0.3 is 4.74 Å². The molecule has 0 radical (unpaired) electrons. The number of ether oxygens (including phenoxy) is 1. The first-order valence-electron chi connectivity index (χ1n) is 9.66. The van der Waals surface area contributed by atoms with Crippen molar-refractivity contribution in [1.29, 1.82) is 0 Å². The van der Waals surface area contributed by atoms with E-state index in [0.717, 1.165) is 19.3 Å². The first kappa shape index (κ1) is 20.7. The zero-order valence-electron chi connectivity index (χ0n) is 16.3. The molecule has 0 saturated heterocycles. The summed E-state index contributed by atoms with van der Waals surface area (Å²) in [6.07, 6.45) is 8.11. The number of carbonyl (C=O) groups is 1. The van der Waals surface area contributed by atoms with Crippen LogP contribution in [0.2, 0.25) is 0 Å². The van der Waals surface area contributed by atoms with Crippen molar-refractivity contribution in [3.8, 4) is 0 Å². The van der Waals surface area contributed by atoms with Gasteiger partial charge in [0.05, 0.1) is 5.41 Å². The molecular weight excluding hydrogens is 296 g/mol. The van der Waals surface area contributed by atoms with Crippen LogP contribution in [0.3, 0.4) is 0 Å². The molecule has 1 aliphatic rings. The largest absolute Gasteiger partial charge is 0.462 e. The molecule has 136 valence electrons. The summed E-state index contributed by atoms with van der Waals surface area (Å²) in [4.78, 5) is 11.7. The molecule has 0 spiro atoms. The van der Waals surface area contributed by atoms with Crippen LogP contribution in [0, 0.1) is 5.41 Å². The highest BCUT2D eigenvalue weighted by Crippen LogP contribution is 2.26. The van der Waals surface area contributed by atoms with Gasteiger partial charge in [-0.15, -0.1) is 0 Å². The fourth-order valence-electron chi connectivity index (χ4n) is 2.66. The molecule has 0 N–H and O–H groups in total. The van der Waals surface area contributed by atoms with E-state index in [1.807, 2.05) is 20.8 Å². The molecule has 1 aliphatic carbocycles. The van der Waals surface area contributed by atoms with Crippen molar-refractivity contribution in [3.05, 3.63) is 35.9 Å². The van der Waals surface area contributed by atoms with Crippen LogP contribution in [0.15, 0.2) is 30.3 Å². The Kier molecular flexibility index (Phi) is 9.10. The molecular formula is C22H36O2. The first-order chi connectivity index (χ1) is 11.4. The van der Waals surface area contributed by atoms with E-state index >= 15 is 0 Å². The zero-order chi connectivity index (χ0) is 18.0. The Morgan fingerprint density at radius 3 is 2.21 bits per heavy atom. The summed E-state index contributed by atoms with van der Waals surface area (Å²) in [6.45, 7) is 10.4. The van der Waals surface area contributed by atoms with Crippen LogP contribution in [-0.2, 0) is 9.53 Å². The Bertz CT molecular complexity index is 458. The summed E-state index contributed by atoms with van der Waals surface area (Å²) < 4.78 is 5.51. The third-order valence-electron chi connectivity index (χ3n) is 5.24. The minimum atomic E-state index is -0.308. The van der Waals surface area contributed by atoms with E-state index in [1.165, 1.54) is 31.2 Å². The normalized spacial score (nSPS) is 16.7. The smallest absolute Gasteiger partial charge is 0.311 e. The summed E-state index contributed by atoms with van der Waals surface area (Å²) >= 11 is 0. The van der Waals surface area contributed by atoms with Crippen molar-refractivity contribution in [1.82, 2.24) is 0 Å². The van der Waals surface area contributed by atoms with Crippen molar-refractivity contribution < 1.29 is 9.53 Å². The second kappa shape index (κ2) is 10.5. The van der Waals surface area contributed by atoms with E-state index in [0.29, 0.717) is 5.92 Å². The van der Waals surface area contributed by atoms with Gasteiger partial charge in [-0.1, -0.05) is 57.5 Å². The standard InChI is InChI=1S/C12H22O2.C10H14/c1-4-12(2,3)11(13)14-10-8-6-5-7-9-10;1-3-9(2)10-7-5-4-6-8-10/h10H,4-9H2,1-3H3;4-9H,3H2,1-2H3. The van der Waals surface area contributed by atoms with Crippen LogP contribution in [0.4, 0.5) is 0 Å². The monoisotopic (exact) mass is 332 g/mol. The first-order valence-corrected chi connectivity index (χ1v) is 9.66. The molecule has 0 aliphatic heterocycles. The minimum absolute atomic E-state index is 0.0214. The van der Waals surface area contributed by atoms with Crippen molar-refractivity contribution in [2.24, 2.45) is 5.41 Å². The van der Waals surface area contributed by atoms with Crippen LogP contribution < -0.4 is 0 Å². The molecule has 1 fully saturated rings. The van der Waals surface area contributed by atoms with Crippen molar-refractivity contribution in [3.63, 3.8) is 0 Å². The highest BCUT2D eigenvalue weighted by molar-refractivity contribution is 5.75. The van der Waals surface area contributed by atoms with Crippen LogP contribution in [-0.4, -0.2) is 12.1 Å². The maximum atomic E-state index is 11.7. The van der Waals surface area contributed by atoms with Gasteiger partial charge in [0.15, 0.2) is 0 Å². The topological polar surface area (TPSA) is 26.3 Å². The van der Waals surface area contributed by atoms with Crippen LogP contribution in [0.5, 0.6) is 0 Å². The van der Waals surface area contributed by atoms with Crippen molar-refractivity contribution in [2.45, 2.75) is 91.6 Å². The van der Waals surface area contributed by atoms with Gasteiger partial charge in [-0.05, 0) is 63.9 Å². The number of benzene rings is 1. The number of esters is 1. The van der Waals surface area contributed by atoms with Crippen molar-refractivity contribution in [2.75, 3.05) is 0 Å². The lowest BCUT2D eigenvalue weighted by Crippen LogP contribution is -2.31. The van der Waals surface area contributed by atoms with Crippen LogP contribution in [0.25, 0.3) is 0 Å². The van der Waals surface area contributed by atoms with Gasteiger partial charge in [-0.2, -0.15) is 0 Å². The molecule has 2 rings (SSSR count). The van der Waals surface area contributed by atoms with E-state index < -0.39 is 0 Å². The molecule has 1 aromatic rings. The predicted octanol–water partition coefficient (Wildman–Crippen LogP) is 6.50. The van der Waals surface area contributed by atoms with Gasteiger partial charge >= 0.3 is 5.97 Å². The summed E-state index contributed by atoms with van der Waals surface area (Å²) in [6, 6.07) is 10.6. The second-order valence-electron chi connectivity index (χ2n) is 7.62. The van der Waals surface area contributed by atoms with E-state index in [1.54, 1.807) is 0 Å².